The molecule has 0 fully saturated rings. The topological polar surface area (TPSA) is 74.6 Å². The maximum Gasteiger partial charge on any atom is 0.342 e. The molecule has 0 bridgehead atoms. The van der Waals surface area contributed by atoms with Gasteiger partial charge in [0.05, 0.1) is 5.57 Å². The Hall–Kier alpha value is -1.03. The van der Waals surface area contributed by atoms with Crippen molar-refractivity contribution in [2.24, 2.45) is 0 Å². The van der Waals surface area contributed by atoms with Gasteiger partial charge in [0.15, 0.2) is 0 Å². The van der Waals surface area contributed by atoms with Gasteiger partial charge in [-0.1, -0.05) is 0 Å². The fourth-order valence-electron chi connectivity index (χ4n) is 0.478. The molecule has 0 aliphatic rings. The highest BCUT2D eigenvalue weighted by atomic mass is 127. The van der Waals surface area contributed by atoms with Crippen molar-refractivity contribution in [2.75, 3.05) is 0 Å². The first-order valence-corrected chi connectivity index (χ1v) is 3.87. The highest BCUT2D eigenvalue weighted by Gasteiger charge is 2.16. The van der Waals surface area contributed by atoms with Crippen LogP contribution >= 0.6 is 22.6 Å². The normalized spacial score (nSPS) is 11.3. The number of hydrogen-bond acceptors (Lipinski definition) is 2. The minimum atomic E-state index is -1.29. The van der Waals surface area contributed by atoms with Gasteiger partial charge in [-0.2, -0.15) is 0 Å². The Morgan fingerprint density at radius 1 is 1.33 bits per heavy atom. The molecule has 0 aromatic heterocycles. The maximum absolute atomic E-state index is 10.4. The Morgan fingerprint density at radius 2 is 1.83 bits per heavy atom. The van der Waals surface area contributed by atoms with E-state index in [0.717, 1.165) is 0 Å². The Morgan fingerprint density at radius 3 is 2.08 bits per heavy atom. The van der Waals surface area contributed by atoms with E-state index in [4.69, 9.17) is 16.6 Å². The first-order chi connectivity index (χ1) is 5.50. The smallest absolute Gasteiger partial charge is 0.342 e. The fourth-order valence-corrected chi connectivity index (χ4v) is 0.900. The fraction of sp³-hybridized carbons (Fsp3) is 0.143. The average molecular weight is 280 g/mol. The van der Waals surface area contributed by atoms with Crippen LogP contribution in [0.4, 0.5) is 0 Å². The first kappa shape index (κ1) is 11.0. The van der Waals surface area contributed by atoms with Crippen molar-refractivity contribution in [3.8, 4) is 12.3 Å². The van der Waals surface area contributed by atoms with Crippen molar-refractivity contribution >= 4 is 34.5 Å². The SMILES string of the molecule is C#CC/C(C(=O)O)=C(\I)C(=O)O. The lowest BCUT2D eigenvalue weighted by Gasteiger charge is -1.97. The summed E-state index contributed by atoms with van der Waals surface area (Å²) in [6, 6.07) is 0. The summed E-state index contributed by atoms with van der Waals surface area (Å²) in [6.45, 7) is 0. The molecule has 0 atom stereocenters. The number of carboxylic acids is 2. The van der Waals surface area contributed by atoms with Crippen molar-refractivity contribution in [3.63, 3.8) is 0 Å². The second-order valence-corrected chi connectivity index (χ2v) is 2.86. The number of hydrogen-bond donors (Lipinski definition) is 2. The number of rotatable bonds is 3. The van der Waals surface area contributed by atoms with Crippen LogP contribution in [0.25, 0.3) is 0 Å². The second kappa shape index (κ2) is 4.77. The molecule has 0 aliphatic carbocycles. The van der Waals surface area contributed by atoms with Crippen molar-refractivity contribution in [3.05, 3.63) is 9.15 Å². The second-order valence-electron chi connectivity index (χ2n) is 1.78. The van der Waals surface area contributed by atoms with Gasteiger partial charge in [0.1, 0.15) is 3.58 Å². The van der Waals surface area contributed by atoms with Crippen molar-refractivity contribution in [1.29, 1.82) is 0 Å². The monoisotopic (exact) mass is 280 g/mol. The van der Waals surface area contributed by atoms with Gasteiger partial charge in [-0.25, -0.2) is 9.59 Å². The maximum atomic E-state index is 10.4. The van der Waals surface area contributed by atoms with Gasteiger partial charge in [-0.05, 0) is 22.6 Å². The quantitative estimate of drug-likeness (QED) is 0.457. The van der Waals surface area contributed by atoms with Gasteiger partial charge in [0.25, 0.3) is 0 Å². The number of terminal acetylenes is 1. The molecule has 0 aromatic carbocycles. The van der Waals surface area contributed by atoms with Crippen LogP contribution in [0.15, 0.2) is 9.15 Å². The van der Waals surface area contributed by atoms with E-state index in [1.807, 2.05) is 0 Å². The summed E-state index contributed by atoms with van der Waals surface area (Å²) >= 11 is 1.44. The Balaban J connectivity index is 4.96. The third-order valence-electron chi connectivity index (χ3n) is 0.990. The summed E-state index contributed by atoms with van der Waals surface area (Å²) in [5.74, 6) is -0.489. The molecule has 0 radical (unpaired) electrons. The number of carbonyl (C=O) groups is 2. The third-order valence-corrected chi connectivity index (χ3v) is 2.10. The van der Waals surface area contributed by atoms with E-state index >= 15 is 0 Å². The van der Waals surface area contributed by atoms with Crippen LogP contribution in [0.3, 0.4) is 0 Å². The molecule has 2 N–H and O–H groups in total. The standard InChI is InChI=1S/C7H5IO4/c1-2-3-4(6(9)10)5(8)7(11)12/h1H,3H2,(H,9,10)(H,11,12)/b5-4+. The zero-order chi connectivity index (χ0) is 9.72. The summed E-state index contributed by atoms with van der Waals surface area (Å²) in [5.41, 5.74) is -0.259. The predicted octanol–water partition coefficient (Wildman–Crippen LogP) is 0.868. The lowest BCUT2D eigenvalue weighted by atomic mass is 10.2. The zero-order valence-corrected chi connectivity index (χ0v) is 8.03. The summed E-state index contributed by atoms with van der Waals surface area (Å²) in [5, 5.41) is 16.9. The molecule has 0 aromatic rings. The van der Waals surface area contributed by atoms with Gasteiger partial charge in [0.2, 0.25) is 0 Å². The van der Waals surface area contributed by atoms with Crippen LogP contribution in [-0.4, -0.2) is 22.2 Å². The molecule has 5 heteroatoms. The number of carboxylic acid groups (broad SMARTS) is 2. The van der Waals surface area contributed by atoms with Gasteiger partial charge in [-0.3, -0.25) is 0 Å². The molecule has 12 heavy (non-hydrogen) atoms. The molecule has 0 spiro atoms. The van der Waals surface area contributed by atoms with Crippen molar-refractivity contribution in [1.82, 2.24) is 0 Å². The van der Waals surface area contributed by atoms with E-state index in [-0.39, 0.29) is 15.6 Å². The number of aliphatic carboxylic acids is 2. The molecule has 0 rings (SSSR count). The highest BCUT2D eigenvalue weighted by Crippen LogP contribution is 2.15. The van der Waals surface area contributed by atoms with E-state index in [1.54, 1.807) is 0 Å². The van der Waals surface area contributed by atoms with Crippen LogP contribution in [0.5, 0.6) is 0 Å². The van der Waals surface area contributed by atoms with E-state index in [0.29, 0.717) is 0 Å². The van der Waals surface area contributed by atoms with Crippen LogP contribution in [0.1, 0.15) is 6.42 Å². The summed E-state index contributed by atoms with van der Waals surface area (Å²) in [7, 11) is 0. The van der Waals surface area contributed by atoms with Crippen LogP contribution in [0, 0.1) is 12.3 Å². The molecule has 0 unspecified atom stereocenters. The van der Waals surface area contributed by atoms with Gasteiger partial charge in [-0.15, -0.1) is 12.3 Å². The molecule has 64 valence electrons. The Labute approximate surface area is 82.4 Å². The predicted molar refractivity (Wildman–Crippen MR) is 49.8 cm³/mol. The lowest BCUT2D eigenvalue weighted by Crippen LogP contribution is -2.07. The highest BCUT2D eigenvalue weighted by molar-refractivity contribution is 14.1. The molecule has 0 saturated heterocycles. The van der Waals surface area contributed by atoms with Crippen molar-refractivity contribution in [2.45, 2.75) is 6.42 Å². The van der Waals surface area contributed by atoms with E-state index in [1.165, 1.54) is 22.6 Å². The van der Waals surface area contributed by atoms with Crippen molar-refractivity contribution < 1.29 is 19.8 Å². The summed E-state index contributed by atoms with van der Waals surface area (Å²) in [4.78, 5) is 20.7. The average Bonchev–Trinajstić information content (AvgIpc) is 1.98. The minimum Gasteiger partial charge on any atom is -0.478 e. The van der Waals surface area contributed by atoms with Gasteiger partial charge >= 0.3 is 11.9 Å². The first-order valence-electron chi connectivity index (χ1n) is 2.79. The Bertz CT molecular complexity index is 284. The summed E-state index contributed by atoms with van der Waals surface area (Å²) in [6.07, 6.45) is 4.68. The van der Waals surface area contributed by atoms with Crippen LogP contribution in [0.2, 0.25) is 0 Å². The van der Waals surface area contributed by atoms with E-state index in [9.17, 15) is 9.59 Å². The van der Waals surface area contributed by atoms with Crippen LogP contribution in [-0.2, 0) is 9.59 Å². The van der Waals surface area contributed by atoms with E-state index in [2.05, 4.69) is 5.92 Å². The third kappa shape index (κ3) is 2.92. The van der Waals surface area contributed by atoms with Crippen LogP contribution < -0.4 is 0 Å². The van der Waals surface area contributed by atoms with Gasteiger partial charge < -0.3 is 10.2 Å². The minimum absolute atomic E-state index is 0.181. The molecule has 0 amide bonds. The lowest BCUT2D eigenvalue weighted by molar-refractivity contribution is -0.135. The molecule has 0 saturated carbocycles. The molecule has 0 heterocycles. The van der Waals surface area contributed by atoms with Gasteiger partial charge in [0, 0.05) is 6.42 Å². The summed E-state index contributed by atoms with van der Waals surface area (Å²) < 4.78 is -0.252. The molecule has 4 nitrogen and oxygen atoms in total. The zero-order valence-electron chi connectivity index (χ0n) is 5.87. The molecular formula is C7H5IO4. The molecule has 0 aliphatic heterocycles. The number of halogens is 1. The Kier molecular flexibility index (Phi) is 4.36. The molecular weight excluding hydrogens is 275 g/mol. The largest absolute Gasteiger partial charge is 0.478 e. The van der Waals surface area contributed by atoms with E-state index < -0.39 is 11.9 Å².